The highest BCUT2D eigenvalue weighted by atomic mass is 19.3. The van der Waals surface area contributed by atoms with E-state index in [1.54, 1.807) is 7.05 Å². The first kappa shape index (κ1) is 18.5. The molecule has 0 bridgehead atoms. The van der Waals surface area contributed by atoms with E-state index in [2.05, 4.69) is 0 Å². The average molecular weight is 389 g/mol. The summed E-state index contributed by atoms with van der Waals surface area (Å²) in [6.45, 7) is 0. The maximum Gasteiger partial charge on any atom is 0.277 e. The van der Waals surface area contributed by atoms with Crippen LogP contribution >= 0.6 is 0 Å². The molecule has 4 rings (SSSR count). The molecular formula is C20H21F2N3O3. The summed E-state index contributed by atoms with van der Waals surface area (Å²) >= 11 is 0. The SMILES string of the molecule is CN1C(=O)c2c(O)c(=O)ccn2N2C(c3ccccc3)C(CC(F)F)CCC12. The molecule has 1 saturated heterocycles. The van der Waals surface area contributed by atoms with Gasteiger partial charge in [0.2, 0.25) is 11.9 Å². The zero-order valence-corrected chi connectivity index (χ0v) is 15.3. The van der Waals surface area contributed by atoms with Gasteiger partial charge in [-0.05, 0) is 24.3 Å². The molecule has 148 valence electrons. The fourth-order valence-electron chi connectivity index (χ4n) is 4.47. The first-order chi connectivity index (χ1) is 13.4. The summed E-state index contributed by atoms with van der Waals surface area (Å²) in [5.74, 6) is -1.43. The number of piperidine rings is 1. The smallest absolute Gasteiger partial charge is 0.277 e. The number of fused-ring (bicyclic) bond motifs is 3. The van der Waals surface area contributed by atoms with Crippen LogP contribution in [0.5, 0.6) is 5.75 Å². The Bertz CT molecular complexity index is 947. The van der Waals surface area contributed by atoms with Gasteiger partial charge in [0, 0.05) is 25.7 Å². The van der Waals surface area contributed by atoms with E-state index in [4.69, 9.17) is 0 Å². The van der Waals surface area contributed by atoms with E-state index in [0.29, 0.717) is 12.8 Å². The number of benzene rings is 1. The van der Waals surface area contributed by atoms with Crippen molar-refractivity contribution < 1.29 is 18.7 Å². The summed E-state index contributed by atoms with van der Waals surface area (Å²) in [6, 6.07) is 10.1. The summed E-state index contributed by atoms with van der Waals surface area (Å²) in [5.41, 5.74) is 0.0680. The molecule has 28 heavy (non-hydrogen) atoms. The molecule has 0 saturated carbocycles. The molecule has 1 amide bonds. The zero-order chi connectivity index (χ0) is 20.0. The molecule has 6 nitrogen and oxygen atoms in total. The number of carbonyl (C=O) groups excluding carboxylic acids is 1. The Balaban J connectivity index is 1.91. The minimum absolute atomic E-state index is 0.134. The van der Waals surface area contributed by atoms with Crippen LogP contribution in [0, 0.1) is 5.92 Å². The molecule has 2 aliphatic heterocycles. The highest BCUT2D eigenvalue weighted by Crippen LogP contribution is 2.43. The molecule has 1 fully saturated rings. The van der Waals surface area contributed by atoms with Gasteiger partial charge in [0.15, 0.2) is 11.4 Å². The Hall–Kier alpha value is -2.90. The van der Waals surface area contributed by atoms with Crippen molar-refractivity contribution in [1.29, 1.82) is 0 Å². The number of nitrogens with zero attached hydrogens (tertiary/aromatic N) is 3. The van der Waals surface area contributed by atoms with E-state index in [1.165, 1.54) is 21.8 Å². The summed E-state index contributed by atoms with van der Waals surface area (Å²) in [6.07, 6.45) is -0.558. The fraction of sp³-hybridized carbons (Fsp3) is 0.400. The van der Waals surface area contributed by atoms with Crippen molar-refractivity contribution in [2.45, 2.75) is 37.9 Å². The highest BCUT2D eigenvalue weighted by Gasteiger charge is 2.46. The Kier molecular flexibility index (Phi) is 4.56. The number of aromatic nitrogens is 1. The average Bonchev–Trinajstić information content (AvgIpc) is 2.68. The Morgan fingerprint density at radius 3 is 2.54 bits per heavy atom. The molecule has 1 aromatic carbocycles. The van der Waals surface area contributed by atoms with Crippen molar-refractivity contribution in [2.75, 3.05) is 12.1 Å². The molecule has 3 unspecified atom stereocenters. The third-order valence-electron chi connectivity index (χ3n) is 5.73. The minimum Gasteiger partial charge on any atom is -0.502 e. The number of carbonyl (C=O) groups is 1. The van der Waals surface area contributed by atoms with Gasteiger partial charge in [0.1, 0.15) is 6.17 Å². The largest absolute Gasteiger partial charge is 0.502 e. The van der Waals surface area contributed by atoms with Crippen LogP contribution in [-0.2, 0) is 0 Å². The van der Waals surface area contributed by atoms with E-state index in [9.17, 15) is 23.5 Å². The van der Waals surface area contributed by atoms with Gasteiger partial charge in [-0.2, -0.15) is 0 Å². The van der Waals surface area contributed by atoms with Crippen molar-refractivity contribution in [3.63, 3.8) is 0 Å². The van der Waals surface area contributed by atoms with Gasteiger partial charge in [-0.15, -0.1) is 0 Å². The summed E-state index contributed by atoms with van der Waals surface area (Å²) in [7, 11) is 1.61. The Morgan fingerprint density at radius 2 is 1.86 bits per heavy atom. The molecule has 8 heteroatoms. The number of rotatable bonds is 3. The lowest BCUT2D eigenvalue weighted by molar-refractivity contribution is 0.0383. The lowest BCUT2D eigenvalue weighted by Gasteiger charge is -2.54. The minimum atomic E-state index is -2.45. The molecule has 0 aliphatic carbocycles. The molecule has 2 aromatic rings. The van der Waals surface area contributed by atoms with Gasteiger partial charge >= 0.3 is 0 Å². The second-order valence-corrected chi connectivity index (χ2v) is 7.32. The molecule has 3 heterocycles. The lowest BCUT2D eigenvalue weighted by atomic mass is 9.82. The van der Waals surface area contributed by atoms with E-state index in [-0.39, 0.29) is 24.2 Å². The van der Waals surface area contributed by atoms with Gasteiger partial charge in [-0.3, -0.25) is 19.3 Å². The van der Waals surface area contributed by atoms with Crippen LogP contribution in [0.2, 0.25) is 0 Å². The Labute approximate surface area is 160 Å². The van der Waals surface area contributed by atoms with Crippen LogP contribution in [0.1, 0.15) is 41.4 Å². The highest BCUT2D eigenvalue weighted by molar-refractivity contribution is 5.96. The third kappa shape index (κ3) is 2.83. The fourth-order valence-corrected chi connectivity index (χ4v) is 4.47. The van der Waals surface area contributed by atoms with Crippen molar-refractivity contribution in [2.24, 2.45) is 5.92 Å². The normalized spacial score (nSPS) is 24.3. The number of amides is 1. The van der Waals surface area contributed by atoms with Gasteiger partial charge < -0.3 is 10.0 Å². The lowest BCUT2D eigenvalue weighted by Crippen LogP contribution is -2.64. The zero-order valence-electron chi connectivity index (χ0n) is 15.3. The molecule has 1 N–H and O–H groups in total. The van der Waals surface area contributed by atoms with Gasteiger partial charge in [-0.25, -0.2) is 8.78 Å². The van der Waals surface area contributed by atoms with Crippen molar-refractivity contribution in [1.82, 2.24) is 9.58 Å². The van der Waals surface area contributed by atoms with Crippen LogP contribution in [0.25, 0.3) is 0 Å². The van der Waals surface area contributed by atoms with E-state index < -0.39 is 29.6 Å². The van der Waals surface area contributed by atoms with Crippen LogP contribution in [0.15, 0.2) is 47.4 Å². The number of pyridine rings is 1. The van der Waals surface area contributed by atoms with Crippen LogP contribution in [-0.4, -0.2) is 40.2 Å². The van der Waals surface area contributed by atoms with E-state index in [1.807, 2.05) is 35.3 Å². The molecular weight excluding hydrogens is 368 g/mol. The summed E-state index contributed by atoms with van der Waals surface area (Å²) in [5, 5.41) is 12.1. The topological polar surface area (TPSA) is 65.8 Å². The van der Waals surface area contributed by atoms with Gasteiger partial charge in [0.05, 0.1) is 6.04 Å². The second kappa shape index (κ2) is 6.92. The monoisotopic (exact) mass is 389 g/mol. The van der Waals surface area contributed by atoms with E-state index in [0.717, 1.165) is 5.56 Å². The number of alkyl halides is 2. The molecule has 2 aliphatic rings. The predicted octanol–water partition coefficient (Wildman–Crippen LogP) is 2.71. The van der Waals surface area contributed by atoms with Crippen molar-refractivity contribution in [3.8, 4) is 5.75 Å². The maximum absolute atomic E-state index is 13.3. The maximum atomic E-state index is 13.3. The number of aromatic hydroxyl groups is 1. The molecule has 3 atom stereocenters. The number of hydrogen-bond acceptors (Lipinski definition) is 4. The Morgan fingerprint density at radius 1 is 1.14 bits per heavy atom. The van der Waals surface area contributed by atoms with Crippen molar-refractivity contribution >= 4 is 5.91 Å². The first-order valence-electron chi connectivity index (χ1n) is 9.23. The van der Waals surface area contributed by atoms with Gasteiger partial charge in [-0.1, -0.05) is 30.3 Å². The van der Waals surface area contributed by atoms with Crippen LogP contribution < -0.4 is 10.4 Å². The van der Waals surface area contributed by atoms with Crippen LogP contribution in [0.3, 0.4) is 0 Å². The standard InChI is InChI=1S/C20H21F2N3O3/c1-23-16-8-7-13(11-15(21)22)17(12-5-3-2-4-6-12)25(16)24-10-9-14(26)19(27)18(24)20(23)28/h2-6,9-10,13,15-17,27H,7-8,11H2,1H3. The van der Waals surface area contributed by atoms with E-state index >= 15 is 0 Å². The number of halogens is 2. The quantitative estimate of drug-likeness (QED) is 0.877. The third-order valence-corrected chi connectivity index (χ3v) is 5.73. The van der Waals surface area contributed by atoms with Gasteiger partial charge in [0.25, 0.3) is 5.91 Å². The van der Waals surface area contributed by atoms with Crippen molar-refractivity contribution in [3.05, 3.63) is 64.1 Å². The first-order valence-corrected chi connectivity index (χ1v) is 9.23. The number of hydrogen-bond donors (Lipinski definition) is 1. The predicted molar refractivity (Wildman–Crippen MR) is 99.0 cm³/mol. The summed E-state index contributed by atoms with van der Waals surface area (Å²) in [4.78, 5) is 26.2. The second-order valence-electron chi connectivity index (χ2n) is 7.32. The molecule has 1 aromatic heterocycles. The summed E-state index contributed by atoms with van der Waals surface area (Å²) < 4.78 is 28.1. The molecule has 0 radical (unpaired) electrons. The molecule has 0 spiro atoms. The van der Waals surface area contributed by atoms with Crippen LogP contribution in [0.4, 0.5) is 8.78 Å².